The van der Waals surface area contributed by atoms with E-state index >= 15 is 0 Å². The number of fused-ring (bicyclic) bond motifs is 3. The zero-order chi connectivity index (χ0) is 18.6. The summed E-state index contributed by atoms with van der Waals surface area (Å²) in [5.41, 5.74) is 1.06. The second kappa shape index (κ2) is 7.96. The molecule has 4 rings (SSSR count). The molecule has 4 aromatic rings. The molecule has 0 amide bonds. The molecular weight excluding hydrogens is 399 g/mol. The molecule has 0 saturated heterocycles. The molecule has 1 atom stereocenters. The third-order valence-corrected chi connectivity index (χ3v) is 7.15. The van der Waals surface area contributed by atoms with Gasteiger partial charge in [0, 0.05) is 0 Å². The van der Waals surface area contributed by atoms with Crippen molar-refractivity contribution in [2.45, 2.75) is 11.7 Å². The van der Waals surface area contributed by atoms with Gasteiger partial charge in [-0.2, -0.15) is 0 Å². The van der Waals surface area contributed by atoms with Gasteiger partial charge in [0.15, 0.2) is 0 Å². The molecule has 0 aliphatic rings. The average Bonchev–Trinajstić information content (AvgIpc) is 2.72. The molecule has 4 aromatic carbocycles. The molecule has 0 spiro atoms. The standard InChI is InChI=1S/C24H20O2Se/c1-2-26-24(25)23(27-18-11-4-3-5-12-18)22-16-17-10-6-7-13-19(17)20-14-8-9-15-21(20)22/h3-16,23H,2H2,1H3. The fourth-order valence-electron chi connectivity index (χ4n) is 3.39. The van der Waals surface area contributed by atoms with Crippen molar-refractivity contribution in [2.75, 3.05) is 6.61 Å². The minimum atomic E-state index is -0.269. The quantitative estimate of drug-likeness (QED) is 0.268. The Morgan fingerprint density at radius 1 is 0.852 bits per heavy atom. The van der Waals surface area contributed by atoms with Crippen LogP contribution in [0, 0.1) is 0 Å². The maximum atomic E-state index is 12.9. The number of carbonyl (C=O) groups is 1. The van der Waals surface area contributed by atoms with Crippen LogP contribution in [0.25, 0.3) is 21.5 Å². The van der Waals surface area contributed by atoms with Crippen molar-refractivity contribution < 1.29 is 9.53 Å². The summed E-state index contributed by atoms with van der Waals surface area (Å²) in [6, 6.07) is 29.1. The van der Waals surface area contributed by atoms with Crippen LogP contribution in [0.2, 0.25) is 0 Å². The number of hydrogen-bond acceptors (Lipinski definition) is 2. The van der Waals surface area contributed by atoms with Crippen LogP contribution in [0.1, 0.15) is 17.3 Å². The van der Waals surface area contributed by atoms with Gasteiger partial charge in [0.2, 0.25) is 0 Å². The molecule has 0 bridgehead atoms. The fraction of sp³-hybridized carbons (Fsp3) is 0.125. The van der Waals surface area contributed by atoms with Gasteiger partial charge in [0.1, 0.15) is 0 Å². The van der Waals surface area contributed by atoms with Crippen LogP contribution in [0.3, 0.4) is 0 Å². The molecule has 0 fully saturated rings. The van der Waals surface area contributed by atoms with Crippen molar-refractivity contribution in [1.82, 2.24) is 0 Å². The third kappa shape index (κ3) is 3.62. The summed E-state index contributed by atoms with van der Waals surface area (Å²) in [5, 5.41) is 4.69. The molecule has 0 aromatic heterocycles. The molecule has 134 valence electrons. The van der Waals surface area contributed by atoms with E-state index in [1.165, 1.54) is 15.2 Å². The Bertz CT molecular complexity index is 1090. The molecule has 3 heteroatoms. The van der Waals surface area contributed by atoms with Crippen LogP contribution in [0.15, 0.2) is 84.9 Å². The first-order chi connectivity index (χ1) is 13.3. The van der Waals surface area contributed by atoms with Crippen molar-refractivity contribution >= 4 is 46.9 Å². The first kappa shape index (κ1) is 17.8. The molecule has 27 heavy (non-hydrogen) atoms. The van der Waals surface area contributed by atoms with Gasteiger partial charge in [-0.05, 0) is 0 Å². The van der Waals surface area contributed by atoms with E-state index < -0.39 is 0 Å². The Kier molecular flexibility index (Phi) is 5.24. The second-order valence-corrected chi connectivity index (χ2v) is 8.77. The summed E-state index contributed by atoms with van der Waals surface area (Å²) in [7, 11) is 0. The van der Waals surface area contributed by atoms with Crippen molar-refractivity contribution in [3.05, 3.63) is 90.5 Å². The molecule has 0 N–H and O–H groups in total. The van der Waals surface area contributed by atoms with Crippen LogP contribution in [-0.4, -0.2) is 27.5 Å². The van der Waals surface area contributed by atoms with E-state index in [2.05, 4.69) is 54.6 Å². The van der Waals surface area contributed by atoms with E-state index in [0.29, 0.717) is 6.61 Å². The molecule has 0 aliphatic carbocycles. The van der Waals surface area contributed by atoms with E-state index in [0.717, 1.165) is 16.3 Å². The minimum absolute atomic E-state index is 0.0568. The first-order valence-corrected chi connectivity index (χ1v) is 10.9. The summed E-state index contributed by atoms with van der Waals surface area (Å²) in [5.74, 6) is -0.137. The predicted molar refractivity (Wildman–Crippen MR) is 113 cm³/mol. The Morgan fingerprint density at radius 3 is 2.22 bits per heavy atom. The van der Waals surface area contributed by atoms with Crippen LogP contribution >= 0.6 is 0 Å². The topological polar surface area (TPSA) is 26.3 Å². The van der Waals surface area contributed by atoms with Gasteiger partial charge in [0.25, 0.3) is 0 Å². The normalized spacial score (nSPS) is 12.2. The molecule has 0 radical (unpaired) electrons. The second-order valence-electron chi connectivity index (χ2n) is 6.30. The summed E-state index contributed by atoms with van der Waals surface area (Å²) in [6.45, 7) is 2.26. The van der Waals surface area contributed by atoms with Crippen LogP contribution in [0.5, 0.6) is 0 Å². The van der Waals surface area contributed by atoms with Gasteiger partial charge < -0.3 is 0 Å². The van der Waals surface area contributed by atoms with E-state index in [1.807, 2.05) is 37.3 Å². The number of esters is 1. The van der Waals surface area contributed by atoms with Gasteiger partial charge in [-0.25, -0.2) is 0 Å². The van der Waals surface area contributed by atoms with Crippen LogP contribution in [0.4, 0.5) is 0 Å². The summed E-state index contributed by atoms with van der Waals surface area (Å²) in [4.78, 5) is 12.7. The van der Waals surface area contributed by atoms with Gasteiger partial charge in [-0.3, -0.25) is 0 Å². The van der Waals surface area contributed by atoms with Crippen molar-refractivity contribution in [2.24, 2.45) is 0 Å². The van der Waals surface area contributed by atoms with E-state index in [9.17, 15) is 4.79 Å². The number of carbonyl (C=O) groups excluding carboxylic acids is 1. The molecule has 2 nitrogen and oxygen atoms in total. The molecular formula is C24H20O2Se. The summed E-state index contributed by atoms with van der Waals surface area (Å²) in [6.07, 6.45) is 0. The van der Waals surface area contributed by atoms with E-state index in [1.54, 1.807) is 0 Å². The van der Waals surface area contributed by atoms with Crippen molar-refractivity contribution in [3.63, 3.8) is 0 Å². The van der Waals surface area contributed by atoms with E-state index in [-0.39, 0.29) is 25.7 Å². The Hall–Kier alpha value is -2.61. The zero-order valence-electron chi connectivity index (χ0n) is 15.1. The molecule has 0 saturated carbocycles. The van der Waals surface area contributed by atoms with Gasteiger partial charge in [-0.1, -0.05) is 0 Å². The average molecular weight is 419 g/mol. The Balaban J connectivity index is 1.92. The molecule has 0 heterocycles. The Labute approximate surface area is 165 Å². The summed E-state index contributed by atoms with van der Waals surface area (Å²) < 4.78 is 6.66. The predicted octanol–water partition coefficient (Wildman–Crippen LogP) is 4.63. The molecule has 0 aliphatic heterocycles. The monoisotopic (exact) mass is 420 g/mol. The number of hydrogen-bond donors (Lipinski definition) is 0. The SMILES string of the molecule is CCOC(=O)C([Se]c1ccccc1)c1cc2ccccc2c2ccccc12. The first-order valence-electron chi connectivity index (χ1n) is 9.06. The Morgan fingerprint density at radius 2 is 1.48 bits per heavy atom. The number of ether oxygens (including phenoxy) is 1. The van der Waals surface area contributed by atoms with Gasteiger partial charge >= 0.3 is 165 Å². The van der Waals surface area contributed by atoms with Gasteiger partial charge in [0.05, 0.1) is 0 Å². The van der Waals surface area contributed by atoms with Crippen molar-refractivity contribution in [3.8, 4) is 0 Å². The fourth-order valence-corrected chi connectivity index (χ4v) is 5.64. The number of benzene rings is 4. The van der Waals surface area contributed by atoms with Gasteiger partial charge in [-0.15, -0.1) is 0 Å². The summed E-state index contributed by atoms with van der Waals surface area (Å²) >= 11 is -0.0568. The van der Waals surface area contributed by atoms with Crippen molar-refractivity contribution in [1.29, 1.82) is 0 Å². The van der Waals surface area contributed by atoms with E-state index in [4.69, 9.17) is 4.74 Å². The van der Waals surface area contributed by atoms with Crippen LogP contribution in [-0.2, 0) is 9.53 Å². The molecule has 1 unspecified atom stereocenters. The third-order valence-electron chi connectivity index (χ3n) is 4.58. The zero-order valence-corrected chi connectivity index (χ0v) is 16.8. The maximum absolute atomic E-state index is 12.9. The van der Waals surface area contributed by atoms with Crippen LogP contribution < -0.4 is 4.46 Å². The number of rotatable bonds is 5.